The summed E-state index contributed by atoms with van der Waals surface area (Å²) in [6, 6.07) is 10.00. The minimum Gasteiger partial charge on any atom is -0.494 e. The third-order valence-electron chi connectivity index (χ3n) is 3.65. The van der Waals surface area contributed by atoms with Crippen LogP contribution in [0.2, 0.25) is 0 Å². The van der Waals surface area contributed by atoms with Crippen molar-refractivity contribution in [3.63, 3.8) is 0 Å². The molecular formula is C19H17F2N3O3S. The molecule has 0 saturated heterocycles. The predicted octanol–water partition coefficient (Wildman–Crippen LogP) is 4.53. The van der Waals surface area contributed by atoms with Gasteiger partial charge in [0.25, 0.3) is 5.22 Å². The number of nitrogens with zero attached hydrogens (tertiary/aromatic N) is 2. The first kappa shape index (κ1) is 19.8. The number of halogens is 2. The molecule has 0 unspecified atom stereocenters. The first-order chi connectivity index (χ1) is 13.5. The molecule has 9 heteroatoms. The molecule has 3 rings (SSSR count). The quantitative estimate of drug-likeness (QED) is 0.582. The van der Waals surface area contributed by atoms with Gasteiger partial charge in [0, 0.05) is 11.6 Å². The fraction of sp³-hybridized carbons (Fsp3) is 0.211. The summed E-state index contributed by atoms with van der Waals surface area (Å²) >= 11 is 1.01. The lowest BCUT2D eigenvalue weighted by Gasteiger charge is -2.10. The van der Waals surface area contributed by atoms with E-state index in [4.69, 9.17) is 9.15 Å². The topological polar surface area (TPSA) is 77.2 Å². The number of thioether (sulfide) groups is 1. The van der Waals surface area contributed by atoms with Gasteiger partial charge in [0.05, 0.1) is 17.5 Å². The zero-order chi connectivity index (χ0) is 20.1. The first-order valence-electron chi connectivity index (χ1n) is 8.45. The fourth-order valence-corrected chi connectivity index (χ4v) is 2.95. The molecule has 1 aromatic heterocycles. The maximum atomic E-state index is 13.7. The number of carbonyl (C=O) groups excluding carboxylic acids is 1. The van der Waals surface area contributed by atoms with Crippen molar-refractivity contribution in [2.75, 3.05) is 11.9 Å². The number of ether oxygens (including phenoxy) is 1. The van der Waals surface area contributed by atoms with Gasteiger partial charge in [-0.15, -0.1) is 10.2 Å². The van der Waals surface area contributed by atoms with Crippen LogP contribution in [0.15, 0.2) is 52.1 Å². The predicted molar refractivity (Wildman–Crippen MR) is 101 cm³/mol. The van der Waals surface area contributed by atoms with Crippen LogP contribution in [-0.4, -0.2) is 28.0 Å². The molecule has 1 heterocycles. The second kappa shape index (κ2) is 8.83. The number of aromatic nitrogens is 2. The molecule has 0 fully saturated rings. The Morgan fingerprint density at radius 1 is 1.21 bits per heavy atom. The number of benzene rings is 2. The van der Waals surface area contributed by atoms with Gasteiger partial charge in [-0.25, -0.2) is 8.78 Å². The van der Waals surface area contributed by atoms with Crippen LogP contribution in [0.5, 0.6) is 5.75 Å². The van der Waals surface area contributed by atoms with E-state index in [-0.39, 0.29) is 10.9 Å². The van der Waals surface area contributed by atoms with Crippen molar-refractivity contribution in [1.29, 1.82) is 0 Å². The van der Waals surface area contributed by atoms with Gasteiger partial charge in [-0.1, -0.05) is 11.8 Å². The molecule has 0 aliphatic heterocycles. The van der Waals surface area contributed by atoms with Crippen molar-refractivity contribution in [1.82, 2.24) is 10.2 Å². The summed E-state index contributed by atoms with van der Waals surface area (Å²) in [7, 11) is 0. The van der Waals surface area contributed by atoms with Gasteiger partial charge in [-0.05, 0) is 50.2 Å². The first-order valence-corrected chi connectivity index (χ1v) is 9.33. The van der Waals surface area contributed by atoms with Crippen LogP contribution in [0.4, 0.5) is 14.5 Å². The minimum atomic E-state index is -0.720. The van der Waals surface area contributed by atoms with Gasteiger partial charge in [0.15, 0.2) is 0 Å². The second-order valence-electron chi connectivity index (χ2n) is 5.70. The molecule has 0 radical (unpaired) electrons. The summed E-state index contributed by atoms with van der Waals surface area (Å²) in [5, 5.41) is 9.74. The van der Waals surface area contributed by atoms with E-state index in [1.54, 1.807) is 31.2 Å². The fourth-order valence-electron chi connectivity index (χ4n) is 2.27. The molecule has 3 aromatic rings. The van der Waals surface area contributed by atoms with Crippen LogP contribution >= 0.6 is 11.8 Å². The van der Waals surface area contributed by atoms with Crippen LogP contribution in [0, 0.1) is 11.6 Å². The minimum absolute atomic E-state index is 0.186. The van der Waals surface area contributed by atoms with Gasteiger partial charge in [-0.2, -0.15) is 0 Å². The van der Waals surface area contributed by atoms with Crippen LogP contribution in [0.3, 0.4) is 0 Å². The third-order valence-corrected chi connectivity index (χ3v) is 4.59. The highest BCUT2D eigenvalue weighted by molar-refractivity contribution is 8.00. The summed E-state index contributed by atoms with van der Waals surface area (Å²) in [5.74, 6) is -0.851. The van der Waals surface area contributed by atoms with Gasteiger partial charge >= 0.3 is 0 Å². The lowest BCUT2D eigenvalue weighted by molar-refractivity contribution is -0.115. The highest BCUT2D eigenvalue weighted by atomic mass is 32.2. The summed E-state index contributed by atoms with van der Waals surface area (Å²) < 4.78 is 37.8. The third kappa shape index (κ3) is 4.86. The molecule has 1 amide bonds. The molecule has 0 spiro atoms. The number of anilines is 1. The number of rotatable bonds is 7. The molecule has 146 valence electrons. The van der Waals surface area contributed by atoms with Crippen molar-refractivity contribution in [2.45, 2.75) is 24.3 Å². The van der Waals surface area contributed by atoms with Gasteiger partial charge in [-0.3, -0.25) is 4.79 Å². The Morgan fingerprint density at radius 2 is 1.96 bits per heavy atom. The summed E-state index contributed by atoms with van der Waals surface area (Å²) in [6.45, 7) is 4.06. The molecule has 2 aromatic carbocycles. The standard InChI is InChI=1S/C19H17F2N3O3S/c1-3-26-14-7-4-12(5-8-14)18-23-24-19(27-18)28-11(2)17(25)22-16-10-13(20)6-9-15(16)21/h4-11H,3H2,1-2H3,(H,22,25)/t11-/m1/s1. The van der Waals surface area contributed by atoms with E-state index in [9.17, 15) is 13.6 Å². The maximum Gasteiger partial charge on any atom is 0.277 e. The number of hydrogen-bond acceptors (Lipinski definition) is 6. The highest BCUT2D eigenvalue weighted by Gasteiger charge is 2.20. The lowest BCUT2D eigenvalue weighted by atomic mass is 10.2. The van der Waals surface area contributed by atoms with Crippen LogP contribution < -0.4 is 10.1 Å². The molecule has 0 aliphatic carbocycles. The van der Waals surface area contributed by atoms with Crippen molar-refractivity contribution in [3.8, 4) is 17.2 Å². The molecule has 28 heavy (non-hydrogen) atoms. The molecule has 1 N–H and O–H groups in total. The van der Waals surface area contributed by atoms with E-state index in [1.165, 1.54) is 0 Å². The Kier molecular flexibility index (Phi) is 6.25. The number of hydrogen-bond donors (Lipinski definition) is 1. The monoisotopic (exact) mass is 405 g/mol. The molecule has 6 nitrogen and oxygen atoms in total. The second-order valence-corrected chi connectivity index (χ2v) is 7.00. The van der Waals surface area contributed by atoms with E-state index in [1.807, 2.05) is 6.92 Å². The van der Waals surface area contributed by atoms with Crippen molar-refractivity contribution in [2.24, 2.45) is 0 Å². The normalized spacial score (nSPS) is 11.9. The van der Waals surface area contributed by atoms with E-state index in [0.717, 1.165) is 35.7 Å². The Balaban J connectivity index is 1.63. The number of nitrogens with one attached hydrogen (secondary N) is 1. The van der Waals surface area contributed by atoms with Crippen LogP contribution in [0.1, 0.15) is 13.8 Å². The Morgan fingerprint density at radius 3 is 2.68 bits per heavy atom. The van der Waals surface area contributed by atoms with Crippen molar-refractivity contribution < 1.29 is 22.7 Å². The summed E-state index contributed by atoms with van der Waals surface area (Å²) in [5.41, 5.74) is 0.486. The summed E-state index contributed by atoms with van der Waals surface area (Å²) in [6.07, 6.45) is 0. The highest BCUT2D eigenvalue weighted by Crippen LogP contribution is 2.28. The smallest absolute Gasteiger partial charge is 0.277 e. The average Bonchev–Trinajstić information content (AvgIpc) is 3.14. The van der Waals surface area contributed by atoms with E-state index >= 15 is 0 Å². The molecular weight excluding hydrogens is 388 g/mol. The zero-order valence-corrected chi connectivity index (χ0v) is 15.9. The number of carbonyl (C=O) groups is 1. The number of amides is 1. The molecule has 0 aliphatic rings. The maximum absolute atomic E-state index is 13.7. The van der Waals surface area contributed by atoms with Gasteiger partial charge in [0.2, 0.25) is 11.8 Å². The lowest BCUT2D eigenvalue weighted by Crippen LogP contribution is -2.23. The van der Waals surface area contributed by atoms with Crippen molar-refractivity contribution in [3.05, 3.63) is 54.1 Å². The molecule has 0 saturated carbocycles. The largest absolute Gasteiger partial charge is 0.494 e. The Bertz CT molecular complexity index is 963. The van der Waals surface area contributed by atoms with Crippen LogP contribution in [-0.2, 0) is 4.79 Å². The van der Waals surface area contributed by atoms with Crippen LogP contribution in [0.25, 0.3) is 11.5 Å². The molecule has 0 bridgehead atoms. The van der Waals surface area contributed by atoms with Gasteiger partial charge < -0.3 is 14.5 Å². The van der Waals surface area contributed by atoms with E-state index in [2.05, 4.69) is 15.5 Å². The summed E-state index contributed by atoms with van der Waals surface area (Å²) in [4.78, 5) is 12.2. The van der Waals surface area contributed by atoms with E-state index < -0.39 is 22.8 Å². The SMILES string of the molecule is CCOc1ccc(-c2nnc(S[C@H](C)C(=O)Nc3cc(F)ccc3F)o2)cc1. The average molecular weight is 405 g/mol. The molecule has 1 atom stereocenters. The van der Waals surface area contributed by atoms with E-state index in [0.29, 0.717) is 18.1 Å². The Hall–Kier alpha value is -2.94. The zero-order valence-electron chi connectivity index (χ0n) is 15.1. The Labute approximate surface area is 164 Å². The van der Waals surface area contributed by atoms with Crippen molar-refractivity contribution >= 4 is 23.4 Å². The van der Waals surface area contributed by atoms with Gasteiger partial charge in [0.1, 0.15) is 17.4 Å².